The lowest BCUT2D eigenvalue weighted by atomic mass is 9.43. The van der Waals surface area contributed by atoms with Gasteiger partial charge >= 0.3 is 0 Å². The van der Waals surface area contributed by atoms with E-state index in [9.17, 15) is 0 Å². The minimum atomic E-state index is 0.245. The molecular formula is C17H34N2O. The molecule has 0 aromatic carbocycles. The van der Waals surface area contributed by atoms with Crippen LogP contribution in [0.2, 0.25) is 0 Å². The lowest BCUT2D eigenvalue weighted by Crippen LogP contribution is -2.61. The van der Waals surface area contributed by atoms with Crippen LogP contribution in [0.15, 0.2) is 0 Å². The largest absolute Gasteiger partial charge is 0.395 e. The second-order valence-electron chi connectivity index (χ2n) is 7.30. The first-order valence-corrected chi connectivity index (χ1v) is 8.64. The van der Waals surface area contributed by atoms with E-state index >= 15 is 0 Å². The molecule has 3 saturated carbocycles. The summed E-state index contributed by atoms with van der Waals surface area (Å²) in [5.41, 5.74) is 0.625. The van der Waals surface area contributed by atoms with Gasteiger partial charge in [0, 0.05) is 25.2 Å². The van der Waals surface area contributed by atoms with Gasteiger partial charge in [0.25, 0.3) is 0 Å². The van der Waals surface area contributed by atoms with Crippen molar-refractivity contribution < 1.29 is 5.11 Å². The van der Waals surface area contributed by atoms with Crippen LogP contribution in [0, 0.1) is 23.2 Å². The molecule has 0 saturated heterocycles. The van der Waals surface area contributed by atoms with Crippen molar-refractivity contribution in [1.82, 2.24) is 10.6 Å². The molecule has 0 aromatic heterocycles. The summed E-state index contributed by atoms with van der Waals surface area (Å²) in [4.78, 5) is 0. The SMILES string of the molecule is CCC(CO)NCCN[C@@H]1C[C@@H]2C[C@H]([C@H]1C)C2(C)CC. The van der Waals surface area contributed by atoms with Gasteiger partial charge in [-0.2, -0.15) is 0 Å². The van der Waals surface area contributed by atoms with E-state index in [-0.39, 0.29) is 12.6 Å². The van der Waals surface area contributed by atoms with Crippen molar-refractivity contribution in [3.8, 4) is 0 Å². The molecule has 3 rings (SSSR count). The molecular weight excluding hydrogens is 248 g/mol. The molecule has 3 N–H and O–H groups in total. The number of rotatable bonds is 8. The molecule has 3 heteroatoms. The second kappa shape index (κ2) is 6.76. The topological polar surface area (TPSA) is 44.3 Å². The van der Waals surface area contributed by atoms with Crippen LogP contribution in [-0.2, 0) is 0 Å². The average Bonchev–Trinajstić information content (AvgIpc) is 2.47. The van der Waals surface area contributed by atoms with Crippen molar-refractivity contribution >= 4 is 0 Å². The van der Waals surface area contributed by atoms with Crippen LogP contribution >= 0.6 is 0 Å². The highest BCUT2D eigenvalue weighted by atomic mass is 16.3. The summed E-state index contributed by atoms with van der Waals surface area (Å²) in [5, 5.41) is 16.3. The molecule has 0 spiro atoms. The standard InChI is InChI=1S/C17H34N2O/c1-5-14(11-20)18-7-8-19-16-10-13-9-15(12(16)3)17(13,4)6-2/h12-16,18-20H,5-11H2,1-4H3/t12-,13+,14?,15-,16-,17?/m1/s1. The van der Waals surface area contributed by atoms with Crippen molar-refractivity contribution in [1.29, 1.82) is 0 Å². The Labute approximate surface area is 124 Å². The van der Waals surface area contributed by atoms with Gasteiger partial charge < -0.3 is 15.7 Å². The third kappa shape index (κ3) is 2.90. The van der Waals surface area contributed by atoms with Crippen LogP contribution in [0.1, 0.15) is 53.4 Å². The predicted octanol–water partition coefficient (Wildman–Crippen LogP) is 2.40. The Balaban J connectivity index is 1.71. The Kier molecular flexibility index (Phi) is 5.49. The van der Waals surface area contributed by atoms with Crippen molar-refractivity contribution in [3.05, 3.63) is 0 Å². The second-order valence-corrected chi connectivity index (χ2v) is 7.30. The maximum Gasteiger partial charge on any atom is 0.0584 e. The lowest BCUT2D eigenvalue weighted by molar-refractivity contribution is -0.129. The zero-order valence-corrected chi connectivity index (χ0v) is 13.8. The molecule has 3 fully saturated rings. The van der Waals surface area contributed by atoms with Gasteiger partial charge in [-0.1, -0.05) is 34.1 Å². The van der Waals surface area contributed by atoms with Gasteiger partial charge in [0.2, 0.25) is 0 Å². The summed E-state index contributed by atoms with van der Waals surface area (Å²) in [6.07, 6.45) is 5.16. The molecule has 6 atom stereocenters. The molecule has 0 heterocycles. The summed E-state index contributed by atoms with van der Waals surface area (Å²) >= 11 is 0. The molecule has 0 aromatic rings. The first-order valence-electron chi connectivity index (χ1n) is 8.64. The van der Waals surface area contributed by atoms with Crippen LogP contribution in [0.25, 0.3) is 0 Å². The molecule has 3 aliphatic carbocycles. The van der Waals surface area contributed by atoms with E-state index in [0.717, 1.165) is 37.3 Å². The van der Waals surface area contributed by atoms with Gasteiger partial charge in [-0.15, -0.1) is 0 Å². The molecule has 20 heavy (non-hydrogen) atoms. The highest BCUT2D eigenvalue weighted by Crippen LogP contribution is 2.62. The zero-order chi connectivity index (χ0) is 14.8. The van der Waals surface area contributed by atoms with Crippen molar-refractivity contribution in [2.75, 3.05) is 19.7 Å². The fourth-order valence-corrected chi connectivity index (χ4v) is 4.66. The summed E-state index contributed by atoms with van der Waals surface area (Å²) in [7, 11) is 0. The van der Waals surface area contributed by atoms with Gasteiger partial charge in [-0.3, -0.25) is 0 Å². The van der Waals surface area contributed by atoms with Gasteiger partial charge in [-0.05, 0) is 42.4 Å². The quantitative estimate of drug-likeness (QED) is 0.599. The molecule has 2 unspecified atom stereocenters. The van der Waals surface area contributed by atoms with Crippen molar-refractivity contribution in [2.24, 2.45) is 23.2 Å². The first kappa shape index (κ1) is 16.3. The smallest absolute Gasteiger partial charge is 0.0584 e. The predicted molar refractivity (Wildman–Crippen MR) is 84.7 cm³/mol. The third-order valence-corrected chi connectivity index (χ3v) is 6.57. The fraction of sp³-hybridized carbons (Fsp3) is 1.00. The van der Waals surface area contributed by atoms with Gasteiger partial charge in [0.1, 0.15) is 0 Å². The summed E-state index contributed by atoms with van der Waals surface area (Å²) in [5.74, 6) is 2.68. The number of aliphatic hydroxyl groups excluding tert-OH is 1. The maximum absolute atomic E-state index is 9.16. The fourth-order valence-electron chi connectivity index (χ4n) is 4.66. The van der Waals surface area contributed by atoms with E-state index < -0.39 is 0 Å². The first-order chi connectivity index (χ1) is 9.56. The third-order valence-electron chi connectivity index (χ3n) is 6.57. The van der Waals surface area contributed by atoms with Crippen LogP contribution in [-0.4, -0.2) is 36.9 Å². The normalized spacial score (nSPS) is 41.2. The lowest BCUT2D eigenvalue weighted by Gasteiger charge is -2.63. The number of nitrogens with one attached hydrogen (secondary N) is 2. The molecule has 2 bridgehead atoms. The molecule has 0 radical (unpaired) electrons. The Bertz CT molecular complexity index is 305. The molecule has 118 valence electrons. The van der Waals surface area contributed by atoms with E-state index in [4.69, 9.17) is 5.11 Å². The van der Waals surface area contributed by atoms with Crippen LogP contribution in [0.5, 0.6) is 0 Å². The Morgan fingerprint density at radius 2 is 2.00 bits per heavy atom. The highest BCUT2D eigenvalue weighted by molar-refractivity contribution is 5.08. The minimum absolute atomic E-state index is 0.245. The maximum atomic E-state index is 9.16. The number of aliphatic hydroxyl groups is 1. The van der Waals surface area contributed by atoms with Crippen LogP contribution < -0.4 is 10.6 Å². The van der Waals surface area contributed by atoms with E-state index in [1.165, 1.54) is 19.3 Å². The molecule has 0 aliphatic heterocycles. The Hall–Kier alpha value is -0.120. The zero-order valence-electron chi connectivity index (χ0n) is 13.8. The van der Waals surface area contributed by atoms with Gasteiger partial charge in [0.05, 0.1) is 6.61 Å². The molecule has 3 nitrogen and oxygen atoms in total. The Morgan fingerprint density at radius 1 is 1.25 bits per heavy atom. The van der Waals surface area contributed by atoms with E-state index in [1.807, 2.05) is 0 Å². The van der Waals surface area contributed by atoms with E-state index in [1.54, 1.807) is 0 Å². The van der Waals surface area contributed by atoms with E-state index in [2.05, 4.69) is 38.3 Å². The summed E-state index contributed by atoms with van der Waals surface area (Å²) in [6.45, 7) is 11.7. The molecule has 3 aliphatic rings. The number of fused-ring (bicyclic) bond motifs is 2. The number of hydrogen-bond acceptors (Lipinski definition) is 3. The van der Waals surface area contributed by atoms with Crippen LogP contribution in [0.3, 0.4) is 0 Å². The number of hydrogen-bond donors (Lipinski definition) is 3. The highest BCUT2D eigenvalue weighted by Gasteiger charge is 2.57. The molecule has 0 amide bonds. The average molecular weight is 282 g/mol. The van der Waals surface area contributed by atoms with Gasteiger partial charge in [-0.25, -0.2) is 0 Å². The Morgan fingerprint density at radius 3 is 2.55 bits per heavy atom. The van der Waals surface area contributed by atoms with Crippen molar-refractivity contribution in [3.63, 3.8) is 0 Å². The minimum Gasteiger partial charge on any atom is -0.395 e. The van der Waals surface area contributed by atoms with Crippen LogP contribution in [0.4, 0.5) is 0 Å². The summed E-state index contributed by atoms with van der Waals surface area (Å²) < 4.78 is 0. The van der Waals surface area contributed by atoms with Crippen molar-refractivity contribution in [2.45, 2.75) is 65.5 Å². The van der Waals surface area contributed by atoms with E-state index in [0.29, 0.717) is 11.5 Å². The summed E-state index contributed by atoms with van der Waals surface area (Å²) in [6, 6.07) is 0.965. The monoisotopic (exact) mass is 282 g/mol. The van der Waals surface area contributed by atoms with Gasteiger partial charge in [0.15, 0.2) is 0 Å².